The van der Waals surface area contributed by atoms with E-state index in [2.05, 4.69) is 5.32 Å². The molecule has 1 atom stereocenters. The molecule has 2 rings (SSSR count). The van der Waals surface area contributed by atoms with Crippen molar-refractivity contribution in [2.75, 3.05) is 31.5 Å². The molecular formula is C27H40N4O4S. The lowest BCUT2D eigenvalue weighted by Gasteiger charge is -2.34. The van der Waals surface area contributed by atoms with Crippen LogP contribution in [0.5, 0.6) is 0 Å². The molecule has 0 saturated heterocycles. The van der Waals surface area contributed by atoms with Gasteiger partial charge in [0.25, 0.3) is 0 Å². The normalized spacial score (nSPS) is 12.5. The molecule has 198 valence electrons. The number of carbonyl (C=O) groups excluding carboxylic acids is 2. The van der Waals surface area contributed by atoms with E-state index < -0.39 is 28.7 Å². The highest BCUT2D eigenvalue weighted by atomic mass is 32.2. The molecule has 2 aromatic carbocycles. The van der Waals surface area contributed by atoms with Crippen molar-refractivity contribution in [2.45, 2.75) is 59.5 Å². The Morgan fingerprint density at radius 3 is 2.19 bits per heavy atom. The lowest BCUT2D eigenvalue weighted by Crippen LogP contribution is -2.55. The lowest BCUT2D eigenvalue weighted by molar-refractivity contribution is -0.139. The van der Waals surface area contributed by atoms with Crippen LogP contribution in [0.4, 0.5) is 5.69 Å². The molecule has 0 aliphatic heterocycles. The van der Waals surface area contributed by atoms with Crippen molar-refractivity contribution in [2.24, 2.45) is 0 Å². The third-order valence-corrected chi connectivity index (χ3v) is 7.76. The number of hydrogen-bond donors (Lipinski definition) is 1. The minimum Gasteiger partial charge on any atom is -0.352 e. The molecule has 0 aliphatic carbocycles. The van der Waals surface area contributed by atoms with Gasteiger partial charge < -0.3 is 10.2 Å². The van der Waals surface area contributed by atoms with Gasteiger partial charge in [-0.2, -0.15) is 12.7 Å². The molecule has 9 heteroatoms. The van der Waals surface area contributed by atoms with E-state index in [1.165, 1.54) is 19.0 Å². The van der Waals surface area contributed by atoms with Crippen LogP contribution in [-0.2, 0) is 26.2 Å². The van der Waals surface area contributed by atoms with E-state index in [9.17, 15) is 18.0 Å². The fourth-order valence-corrected chi connectivity index (χ4v) is 5.08. The molecule has 36 heavy (non-hydrogen) atoms. The Bertz CT molecular complexity index is 1130. The summed E-state index contributed by atoms with van der Waals surface area (Å²) in [6.07, 6.45) is 0.949. The SMILES string of the molecule is CC[C@H](C(=O)NC(C)C)N(CCc1ccccc1)C(=O)CN(c1cc(C)ccc1C)S(=O)(=O)N(C)C. The van der Waals surface area contributed by atoms with Crippen LogP contribution in [0, 0.1) is 13.8 Å². The van der Waals surface area contributed by atoms with Crippen LogP contribution in [0.2, 0.25) is 0 Å². The molecule has 0 heterocycles. The van der Waals surface area contributed by atoms with Crippen LogP contribution in [0.3, 0.4) is 0 Å². The van der Waals surface area contributed by atoms with Crippen molar-refractivity contribution >= 4 is 27.7 Å². The van der Waals surface area contributed by atoms with E-state index in [0.29, 0.717) is 18.5 Å². The number of hydrogen-bond acceptors (Lipinski definition) is 4. The van der Waals surface area contributed by atoms with Crippen LogP contribution in [0.25, 0.3) is 0 Å². The van der Waals surface area contributed by atoms with Crippen molar-refractivity contribution < 1.29 is 18.0 Å². The maximum absolute atomic E-state index is 13.8. The molecule has 0 saturated carbocycles. The summed E-state index contributed by atoms with van der Waals surface area (Å²) in [7, 11) is -1.10. The predicted molar refractivity (Wildman–Crippen MR) is 145 cm³/mol. The molecule has 0 fully saturated rings. The third-order valence-electron chi connectivity index (χ3n) is 5.95. The second-order valence-corrected chi connectivity index (χ2v) is 11.6. The van der Waals surface area contributed by atoms with Gasteiger partial charge in [-0.15, -0.1) is 0 Å². The molecule has 0 spiro atoms. The highest BCUT2D eigenvalue weighted by Crippen LogP contribution is 2.26. The number of rotatable bonds is 12. The minimum absolute atomic E-state index is 0.0850. The summed E-state index contributed by atoms with van der Waals surface area (Å²) in [5.41, 5.74) is 3.09. The van der Waals surface area contributed by atoms with Crippen LogP contribution < -0.4 is 9.62 Å². The van der Waals surface area contributed by atoms with Gasteiger partial charge in [0, 0.05) is 26.7 Å². The zero-order valence-corrected chi connectivity index (χ0v) is 23.3. The second kappa shape index (κ2) is 12.9. The van der Waals surface area contributed by atoms with Gasteiger partial charge in [0.1, 0.15) is 12.6 Å². The Balaban J connectivity index is 2.48. The van der Waals surface area contributed by atoms with E-state index >= 15 is 0 Å². The maximum Gasteiger partial charge on any atom is 0.304 e. The Hall–Kier alpha value is -2.91. The van der Waals surface area contributed by atoms with E-state index in [0.717, 1.165) is 25.3 Å². The highest BCUT2D eigenvalue weighted by Gasteiger charge is 2.34. The summed E-state index contributed by atoms with van der Waals surface area (Å²) >= 11 is 0. The summed E-state index contributed by atoms with van der Waals surface area (Å²) in [5, 5.41) is 2.90. The Labute approximate surface area is 216 Å². The molecular weight excluding hydrogens is 476 g/mol. The molecule has 0 bridgehead atoms. The highest BCUT2D eigenvalue weighted by molar-refractivity contribution is 7.90. The lowest BCUT2D eigenvalue weighted by atomic mass is 10.1. The van der Waals surface area contributed by atoms with Crippen molar-refractivity contribution in [3.63, 3.8) is 0 Å². The van der Waals surface area contributed by atoms with Gasteiger partial charge in [0.2, 0.25) is 11.8 Å². The molecule has 2 aromatic rings. The van der Waals surface area contributed by atoms with Gasteiger partial charge >= 0.3 is 10.2 Å². The average molecular weight is 517 g/mol. The number of carbonyl (C=O) groups is 2. The average Bonchev–Trinajstić information content (AvgIpc) is 2.81. The maximum atomic E-state index is 13.8. The summed E-state index contributed by atoms with van der Waals surface area (Å²) < 4.78 is 28.9. The van der Waals surface area contributed by atoms with E-state index in [-0.39, 0.29) is 18.5 Å². The molecule has 0 aromatic heterocycles. The van der Waals surface area contributed by atoms with Crippen molar-refractivity contribution in [1.82, 2.24) is 14.5 Å². The Morgan fingerprint density at radius 1 is 1.00 bits per heavy atom. The number of aryl methyl sites for hydroxylation is 2. The first-order valence-corrected chi connectivity index (χ1v) is 13.7. The molecule has 1 N–H and O–H groups in total. The summed E-state index contributed by atoms with van der Waals surface area (Å²) in [6.45, 7) is 9.16. The number of nitrogens with one attached hydrogen (secondary N) is 1. The molecule has 0 unspecified atom stereocenters. The van der Waals surface area contributed by atoms with Crippen LogP contribution in [0.1, 0.15) is 43.9 Å². The smallest absolute Gasteiger partial charge is 0.304 e. The molecule has 8 nitrogen and oxygen atoms in total. The second-order valence-electron chi connectivity index (χ2n) is 9.50. The van der Waals surface area contributed by atoms with Crippen LogP contribution in [0.15, 0.2) is 48.5 Å². The predicted octanol–water partition coefficient (Wildman–Crippen LogP) is 3.29. The third kappa shape index (κ3) is 7.54. The van der Waals surface area contributed by atoms with Gasteiger partial charge in [0.05, 0.1) is 5.69 Å². The summed E-state index contributed by atoms with van der Waals surface area (Å²) in [4.78, 5) is 28.4. The zero-order valence-electron chi connectivity index (χ0n) is 22.5. The van der Waals surface area contributed by atoms with Crippen LogP contribution >= 0.6 is 0 Å². The number of amides is 2. The number of anilines is 1. The fraction of sp³-hybridized carbons (Fsp3) is 0.481. The van der Waals surface area contributed by atoms with E-state index in [4.69, 9.17) is 0 Å². The van der Waals surface area contributed by atoms with Crippen molar-refractivity contribution in [3.05, 3.63) is 65.2 Å². The first-order chi connectivity index (χ1) is 16.9. The summed E-state index contributed by atoms with van der Waals surface area (Å²) in [5.74, 6) is -0.675. The van der Waals surface area contributed by atoms with Gasteiger partial charge in [-0.05, 0) is 63.3 Å². The molecule has 2 amide bonds. The van der Waals surface area contributed by atoms with Gasteiger partial charge in [-0.3, -0.25) is 9.59 Å². The summed E-state index contributed by atoms with van der Waals surface area (Å²) in [6, 6.07) is 14.4. The Kier molecular flexibility index (Phi) is 10.5. The van der Waals surface area contributed by atoms with E-state index in [1.54, 1.807) is 6.07 Å². The van der Waals surface area contributed by atoms with Gasteiger partial charge in [0.15, 0.2) is 0 Å². The molecule has 0 radical (unpaired) electrons. The number of benzene rings is 2. The fourth-order valence-electron chi connectivity index (χ4n) is 3.97. The standard InChI is InChI=1S/C27H40N4O4S/c1-8-24(27(33)28-20(2)3)30(17-16-23-12-10-9-11-13-23)26(32)19-31(36(34,35)29(6)7)25-18-21(4)14-15-22(25)5/h9-15,18,20,24H,8,16-17,19H2,1-7H3,(H,28,33)/t24-/m1/s1. The minimum atomic E-state index is -3.98. The monoisotopic (exact) mass is 516 g/mol. The zero-order chi connectivity index (χ0) is 27.0. The first-order valence-electron chi connectivity index (χ1n) is 12.3. The van der Waals surface area contributed by atoms with Gasteiger partial charge in [-0.25, -0.2) is 4.31 Å². The topological polar surface area (TPSA) is 90.0 Å². The number of nitrogens with zero attached hydrogens (tertiary/aromatic N) is 3. The largest absolute Gasteiger partial charge is 0.352 e. The van der Waals surface area contributed by atoms with Crippen molar-refractivity contribution in [1.29, 1.82) is 0 Å². The van der Waals surface area contributed by atoms with Crippen molar-refractivity contribution in [3.8, 4) is 0 Å². The molecule has 0 aliphatic rings. The quantitative estimate of drug-likeness (QED) is 0.469. The van der Waals surface area contributed by atoms with Gasteiger partial charge in [-0.1, -0.05) is 49.4 Å². The van der Waals surface area contributed by atoms with Crippen LogP contribution in [-0.4, -0.2) is 68.7 Å². The Morgan fingerprint density at radius 2 is 1.64 bits per heavy atom. The van der Waals surface area contributed by atoms with E-state index in [1.807, 2.05) is 77.1 Å². The first kappa shape index (κ1) is 29.3.